The third-order valence-electron chi connectivity index (χ3n) is 1.87. The van der Waals surface area contributed by atoms with Crippen LogP contribution >= 0.6 is 12.2 Å². The number of hydrogen-bond donors (Lipinski definition) is 3. The van der Waals surface area contributed by atoms with E-state index >= 15 is 0 Å². The average Bonchev–Trinajstić information content (AvgIpc) is 2.27. The summed E-state index contributed by atoms with van der Waals surface area (Å²) in [6, 6.07) is 4.77. The number of nitrogen functional groups attached to an aromatic ring is 1. The van der Waals surface area contributed by atoms with E-state index in [4.69, 9.17) is 28.5 Å². The molecule has 1 rings (SSSR count). The van der Waals surface area contributed by atoms with E-state index in [0.717, 1.165) is 0 Å². The Balaban J connectivity index is 3.27. The van der Waals surface area contributed by atoms with Crippen molar-refractivity contribution in [2.75, 3.05) is 7.11 Å². The van der Waals surface area contributed by atoms with Crippen molar-refractivity contribution in [2.45, 2.75) is 0 Å². The Morgan fingerprint density at radius 3 is 2.60 bits per heavy atom. The number of carbonyl (C=O) groups excluding carboxylic acids is 1. The fourth-order valence-electron chi connectivity index (χ4n) is 1.13. The molecule has 6 heteroatoms. The molecule has 0 fully saturated rings. The minimum Gasteiger partial charge on any atom is -0.497 e. The molecule has 0 spiro atoms. The molecule has 0 radical (unpaired) electrons. The number of rotatable bonds is 3. The number of thiocarbonyl (C=S) groups is 1. The normalized spacial score (nSPS) is 9.47. The lowest BCUT2D eigenvalue weighted by Crippen LogP contribution is -2.31. The molecular weight excluding hydrogens is 214 g/mol. The molecule has 1 amide bonds. The van der Waals surface area contributed by atoms with E-state index in [1.54, 1.807) is 18.2 Å². The highest BCUT2D eigenvalue weighted by Crippen LogP contribution is 2.17. The summed E-state index contributed by atoms with van der Waals surface area (Å²) in [4.78, 5) is 11.5. The van der Waals surface area contributed by atoms with Crippen LogP contribution in [0.5, 0.6) is 5.75 Å². The maximum Gasteiger partial charge on any atom is 0.265 e. The monoisotopic (exact) mass is 225 g/mol. The zero-order chi connectivity index (χ0) is 11.4. The largest absolute Gasteiger partial charge is 0.497 e. The molecular formula is C9H11N3O2S. The molecule has 0 aromatic heterocycles. The molecule has 0 saturated heterocycles. The van der Waals surface area contributed by atoms with Crippen molar-refractivity contribution >= 4 is 23.1 Å². The van der Waals surface area contributed by atoms with Crippen molar-refractivity contribution in [1.29, 1.82) is 0 Å². The van der Waals surface area contributed by atoms with Crippen molar-refractivity contribution in [3.05, 3.63) is 29.3 Å². The van der Waals surface area contributed by atoms with Crippen LogP contribution in [0.15, 0.2) is 18.2 Å². The Morgan fingerprint density at radius 1 is 1.47 bits per heavy atom. The van der Waals surface area contributed by atoms with Crippen LogP contribution in [0.1, 0.15) is 15.9 Å². The van der Waals surface area contributed by atoms with Gasteiger partial charge in [0.2, 0.25) is 0 Å². The Hall–Kier alpha value is -1.66. The van der Waals surface area contributed by atoms with E-state index in [1.165, 1.54) is 7.11 Å². The van der Waals surface area contributed by atoms with Crippen LogP contribution in [0.25, 0.3) is 0 Å². The number of nitrogens with two attached hydrogens (primary N) is 2. The van der Waals surface area contributed by atoms with Gasteiger partial charge < -0.3 is 10.5 Å². The van der Waals surface area contributed by atoms with Gasteiger partial charge in [-0.2, -0.15) is 0 Å². The third kappa shape index (κ3) is 2.42. The Kier molecular flexibility index (Phi) is 3.59. The third-order valence-corrected chi connectivity index (χ3v) is 2.09. The van der Waals surface area contributed by atoms with Crippen molar-refractivity contribution in [3.8, 4) is 5.75 Å². The smallest absolute Gasteiger partial charge is 0.265 e. The van der Waals surface area contributed by atoms with Crippen molar-refractivity contribution < 1.29 is 9.53 Å². The molecule has 0 heterocycles. The number of carbonyl (C=O) groups is 1. The van der Waals surface area contributed by atoms with Crippen LogP contribution in [-0.4, -0.2) is 18.0 Å². The number of nitrogens with one attached hydrogen (secondary N) is 1. The first-order valence-corrected chi connectivity index (χ1v) is 4.49. The van der Waals surface area contributed by atoms with E-state index < -0.39 is 5.91 Å². The first-order chi connectivity index (χ1) is 7.10. The van der Waals surface area contributed by atoms with Crippen molar-refractivity contribution in [2.24, 2.45) is 11.6 Å². The fourth-order valence-corrected chi connectivity index (χ4v) is 1.30. The first kappa shape index (κ1) is 11.4. The molecule has 0 aliphatic heterocycles. The quantitative estimate of drug-likeness (QED) is 0.290. The van der Waals surface area contributed by atoms with Gasteiger partial charge in [0.25, 0.3) is 5.91 Å². The van der Waals surface area contributed by atoms with Crippen LogP contribution in [0.3, 0.4) is 0 Å². The molecule has 1 aromatic carbocycles. The van der Waals surface area contributed by atoms with E-state index in [2.05, 4.69) is 0 Å². The van der Waals surface area contributed by atoms with Crippen LogP contribution < -0.4 is 21.7 Å². The van der Waals surface area contributed by atoms with Gasteiger partial charge in [0.15, 0.2) is 0 Å². The number of amides is 1. The first-order valence-electron chi connectivity index (χ1n) is 4.09. The van der Waals surface area contributed by atoms with E-state index in [9.17, 15) is 4.79 Å². The Labute approximate surface area is 92.4 Å². The number of methoxy groups -OCH3 is 1. The lowest BCUT2D eigenvalue weighted by molar-refractivity contribution is 0.0953. The number of hydrogen-bond acceptors (Lipinski definition) is 4. The van der Waals surface area contributed by atoms with Crippen LogP contribution in [0.4, 0.5) is 0 Å². The van der Waals surface area contributed by atoms with Crippen LogP contribution in [-0.2, 0) is 0 Å². The summed E-state index contributed by atoms with van der Waals surface area (Å²) in [6.07, 6.45) is 0. The molecule has 5 N–H and O–H groups in total. The van der Waals surface area contributed by atoms with Crippen molar-refractivity contribution in [3.63, 3.8) is 0 Å². The predicted octanol–water partition coefficient (Wildman–Crippen LogP) is -0.0671. The summed E-state index contributed by atoms with van der Waals surface area (Å²) >= 11 is 4.83. The van der Waals surface area contributed by atoms with Gasteiger partial charge in [-0.25, -0.2) is 5.84 Å². The second kappa shape index (κ2) is 4.72. The number of hydrazine groups is 1. The van der Waals surface area contributed by atoms with Gasteiger partial charge in [0.1, 0.15) is 10.7 Å². The summed E-state index contributed by atoms with van der Waals surface area (Å²) < 4.78 is 5.00. The minimum absolute atomic E-state index is 0.118. The molecule has 0 unspecified atom stereocenters. The molecule has 1 aromatic rings. The Morgan fingerprint density at radius 2 is 2.13 bits per heavy atom. The van der Waals surface area contributed by atoms with E-state index in [-0.39, 0.29) is 4.99 Å². The summed E-state index contributed by atoms with van der Waals surface area (Å²) in [7, 11) is 1.52. The molecule has 5 nitrogen and oxygen atoms in total. The lowest BCUT2D eigenvalue weighted by atomic mass is 10.1. The van der Waals surface area contributed by atoms with Gasteiger partial charge in [-0.05, 0) is 18.2 Å². The fraction of sp³-hybridized carbons (Fsp3) is 0.111. The van der Waals surface area contributed by atoms with Crippen molar-refractivity contribution in [1.82, 2.24) is 5.43 Å². The summed E-state index contributed by atoms with van der Waals surface area (Å²) in [6.45, 7) is 0. The highest BCUT2D eigenvalue weighted by atomic mass is 32.1. The van der Waals surface area contributed by atoms with Gasteiger partial charge in [-0.15, -0.1) is 0 Å². The van der Waals surface area contributed by atoms with Gasteiger partial charge in [0.05, 0.1) is 12.7 Å². The minimum atomic E-state index is -0.444. The van der Waals surface area contributed by atoms with Gasteiger partial charge in [0, 0.05) is 5.56 Å². The topological polar surface area (TPSA) is 90.4 Å². The van der Waals surface area contributed by atoms with E-state index in [1.807, 2.05) is 5.43 Å². The molecule has 0 atom stereocenters. The SMILES string of the molecule is COc1ccc(C(=O)NN)c(C(N)=S)c1. The lowest BCUT2D eigenvalue weighted by Gasteiger charge is -2.08. The highest BCUT2D eigenvalue weighted by Gasteiger charge is 2.12. The molecule has 0 saturated carbocycles. The molecule has 0 aliphatic rings. The molecule has 0 aliphatic carbocycles. The van der Waals surface area contributed by atoms with Crippen LogP contribution in [0, 0.1) is 0 Å². The highest BCUT2D eigenvalue weighted by molar-refractivity contribution is 7.80. The molecule has 80 valence electrons. The summed E-state index contributed by atoms with van der Waals surface area (Å²) in [5, 5.41) is 0. The zero-order valence-electron chi connectivity index (χ0n) is 8.11. The summed E-state index contributed by atoms with van der Waals surface area (Å²) in [5.41, 5.74) is 8.27. The molecule has 15 heavy (non-hydrogen) atoms. The maximum atomic E-state index is 11.3. The van der Waals surface area contributed by atoms with Gasteiger partial charge in [-0.1, -0.05) is 12.2 Å². The Bertz CT molecular complexity index is 406. The van der Waals surface area contributed by atoms with Gasteiger partial charge in [-0.3, -0.25) is 10.2 Å². The second-order valence-corrected chi connectivity index (χ2v) is 3.19. The number of benzene rings is 1. The second-order valence-electron chi connectivity index (χ2n) is 2.75. The standard InChI is InChI=1S/C9H11N3O2S/c1-14-5-2-3-6(9(13)12-11)7(4-5)8(10)15/h2-4H,11H2,1H3,(H2,10,15)(H,12,13). The number of ether oxygens (including phenoxy) is 1. The maximum absolute atomic E-state index is 11.3. The average molecular weight is 225 g/mol. The van der Waals surface area contributed by atoms with Gasteiger partial charge >= 0.3 is 0 Å². The van der Waals surface area contributed by atoms with E-state index in [0.29, 0.717) is 16.9 Å². The predicted molar refractivity (Wildman–Crippen MR) is 60.5 cm³/mol. The van der Waals surface area contributed by atoms with Crippen LogP contribution in [0.2, 0.25) is 0 Å². The molecule has 0 bridgehead atoms. The summed E-state index contributed by atoms with van der Waals surface area (Å²) in [5.74, 6) is 5.16. The zero-order valence-corrected chi connectivity index (χ0v) is 8.93.